The van der Waals surface area contributed by atoms with Crippen LogP contribution in [0, 0.1) is 0 Å². The van der Waals surface area contributed by atoms with Crippen LogP contribution >= 0.6 is 11.6 Å². The second-order valence-corrected chi connectivity index (χ2v) is 4.41. The molecule has 0 aliphatic carbocycles. The van der Waals surface area contributed by atoms with Gasteiger partial charge in [0.25, 0.3) is 0 Å². The Hall–Kier alpha value is -1.52. The quantitative estimate of drug-likeness (QED) is 0.923. The highest BCUT2D eigenvalue weighted by atomic mass is 35.5. The van der Waals surface area contributed by atoms with Gasteiger partial charge in [0, 0.05) is 12.6 Å². The molecular formula is C13H16ClN3O. The molecule has 2 aromatic rings. The van der Waals surface area contributed by atoms with Gasteiger partial charge < -0.3 is 14.6 Å². The lowest BCUT2D eigenvalue weighted by Crippen LogP contribution is -2.10. The van der Waals surface area contributed by atoms with Gasteiger partial charge in [0.05, 0.1) is 30.6 Å². The minimum absolute atomic E-state index is 0.603. The average Bonchev–Trinajstić information content (AvgIpc) is 2.72. The molecule has 0 radical (unpaired) electrons. The van der Waals surface area contributed by atoms with E-state index in [2.05, 4.69) is 14.9 Å². The van der Waals surface area contributed by atoms with Crippen LogP contribution in [0.25, 0.3) is 11.3 Å². The number of aromatic nitrogens is 2. The molecule has 0 bridgehead atoms. The summed E-state index contributed by atoms with van der Waals surface area (Å²) in [5.41, 5.74) is 2.06. The molecule has 18 heavy (non-hydrogen) atoms. The molecule has 2 rings (SSSR count). The molecule has 0 aliphatic rings. The number of hydrogen-bond acceptors (Lipinski definition) is 3. The summed E-state index contributed by atoms with van der Waals surface area (Å²) in [5, 5.41) is 3.69. The van der Waals surface area contributed by atoms with Crippen LogP contribution in [-0.4, -0.2) is 23.7 Å². The number of halogens is 1. The first kappa shape index (κ1) is 12.9. The maximum atomic E-state index is 6.13. The highest BCUT2D eigenvalue weighted by Crippen LogP contribution is 2.30. The van der Waals surface area contributed by atoms with E-state index < -0.39 is 0 Å². The molecule has 0 atom stereocenters. The van der Waals surface area contributed by atoms with Crippen LogP contribution in [-0.2, 0) is 13.6 Å². The lowest BCUT2D eigenvalue weighted by molar-refractivity contribution is 0.415. The highest BCUT2D eigenvalue weighted by Gasteiger charge is 2.10. The zero-order valence-electron chi connectivity index (χ0n) is 10.7. The molecule has 96 valence electrons. The summed E-state index contributed by atoms with van der Waals surface area (Å²) in [6.07, 6.45) is 1.85. The van der Waals surface area contributed by atoms with Crippen molar-refractivity contribution in [3.05, 3.63) is 35.2 Å². The van der Waals surface area contributed by atoms with E-state index in [1.807, 2.05) is 38.5 Å². The van der Waals surface area contributed by atoms with Crippen molar-refractivity contribution in [2.45, 2.75) is 6.54 Å². The number of hydrogen-bond donors (Lipinski definition) is 1. The Morgan fingerprint density at radius 1 is 1.44 bits per heavy atom. The van der Waals surface area contributed by atoms with Crippen molar-refractivity contribution in [2.75, 3.05) is 14.2 Å². The van der Waals surface area contributed by atoms with Crippen LogP contribution in [0.15, 0.2) is 24.4 Å². The van der Waals surface area contributed by atoms with Gasteiger partial charge in [-0.1, -0.05) is 11.6 Å². The first-order valence-corrected chi connectivity index (χ1v) is 6.04. The van der Waals surface area contributed by atoms with Crippen LogP contribution in [0.1, 0.15) is 5.82 Å². The first-order chi connectivity index (χ1) is 8.67. The van der Waals surface area contributed by atoms with E-state index in [1.54, 1.807) is 7.11 Å². The summed E-state index contributed by atoms with van der Waals surface area (Å²) in [6, 6.07) is 5.73. The van der Waals surface area contributed by atoms with Gasteiger partial charge in [-0.3, -0.25) is 0 Å². The predicted octanol–water partition coefficient (Wildman–Crippen LogP) is 2.47. The largest absolute Gasteiger partial charge is 0.495 e. The number of benzene rings is 1. The Morgan fingerprint density at radius 2 is 2.22 bits per heavy atom. The number of nitrogens with one attached hydrogen (secondary N) is 1. The molecule has 1 aromatic carbocycles. The zero-order valence-corrected chi connectivity index (χ0v) is 11.5. The van der Waals surface area contributed by atoms with Crippen molar-refractivity contribution in [3.63, 3.8) is 0 Å². The molecule has 1 N–H and O–H groups in total. The molecule has 0 fully saturated rings. The number of nitrogens with zero attached hydrogens (tertiary/aromatic N) is 2. The van der Waals surface area contributed by atoms with E-state index in [-0.39, 0.29) is 0 Å². The number of methoxy groups -OCH3 is 1. The van der Waals surface area contributed by atoms with Gasteiger partial charge in [0.1, 0.15) is 11.6 Å². The fourth-order valence-electron chi connectivity index (χ4n) is 1.86. The van der Waals surface area contributed by atoms with E-state index in [4.69, 9.17) is 16.3 Å². The fourth-order valence-corrected chi connectivity index (χ4v) is 2.12. The first-order valence-electron chi connectivity index (χ1n) is 5.66. The molecule has 1 heterocycles. The van der Waals surface area contributed by atoms with Gasteiger partial charge in [-0.25, -0.2) is 4.98 Å². The maximum absolute atomic E-state index is 6.13. The van der Waals surface area contributed by atoms with Gasteiger partial charge in [-0.2, -0.15) is 0 Å². The minimum atomic E-state index is 0.603. The number of ether oxygens (including phenoxy) is 1. The Morgan fingerprint density at radius 3 is 2.83 bits per heavy atom. The summed E-state index contributed by atoms with van der Waals surface area (Å²) in [7, 11) is 5.50. The SMILES string of the molecule is CNCc1ncc(-c2ccc(OC)c(Cl)c2)n1C. The van der Waals surface area contributed by atoms with Gasteiger partial charge in [-0.15, -0.1) is 0 Å². The molecule has 0 saturated carbocycles. The van der Waals surface area contributed by atoms with Crippen molar-refractivity contribution in [3.8, 4) is 17.0 Å². The third-order valence-electron chi connectivity index (χ3n) is 2.87. The lowest BCUT2D eigenvalue weighted by atomic mass is 10.1. The highest BCUT2D eigenvalue weighted by molar-refractivity contribution is 6.32. The van der Waals surface area contributed by atoms with E-state index in [0.717, 1.165) is 23.6 Å². The zero-order chi connectivity index (χ0) is 13.1. The topological polar surface area (TPSA) is 39.1 Å². The van der Waals surface area contributed by atoms with Crippen LogP contribution in [0.5, 0.6) is 5.75 Å². The maximum Gasteiger partial charge on any atom is 0.137 e. The van der Waals surface area contributed by atoms with Gasteiger partial charge in [0.2, 0.25) is 0 Å². The van der Waals surface area contributed by atoms with Crippen molar-refractivity contribution in [1.29, 1.82) is 0 Å². The third-order valence-corrected chi connectivity index (χ3v) is 3.16. The predicted molar refractivity (Wildman–Crippen MR) is 73.0 cm³/mol. The molecule has 0 saturated heterocycles. The summed E-state index contributed by atoms with van der Waals surface area (Å²) in [6.45, 7) is 0.736. The van der Waals surface area contributed by atoms with Crippen LogP contribution in [0.2, 0.25) is 5.02 Å². The Bertz CT molecular complexity index is 551. The molecule has 5 heteroatoms. The number of imidazole rings is 1. The van der Waals surface area contributed by atoms with Crippen molar-refractivity contribution < 1.29 is 4.74 Å². The summed E-state index contributed by atoms with van der Waals surface area (Å²) in [4.78, 5) is 4.38. The Kier molecular flexibility index (Phi) is 3.89. The standard InChI is InChI=1S/C13H16ClN3O/c1-15-8-13-16-7-11(17(13)2)9-4-5-12(18-3)10(14)6-9/h4-7,15H,8H2,1-3H3. The second-order valence-electron chi connectivity index (χ2n) is 4.00. The van der Waals surface area contributed by atoms with Crippen LogP contribution < -0.4 is 10.1 Å². The molecule has 0 unspecified atom stereocenters. The van der Waals surface area contributed by atoms with Crippen molar-refractivity contribution in [1.82, 2.24) is 14.9 Å². The van der Waals surface area contributed by atoms with E-state index >= 15 is 0 Å². The molecule has 0 aliphatic heterocycles. The molecule has 4 nitrogen and oxygen atoms in total. The average molecular weight is 266 g/mol. The Labute approximate surface area is 112 Å². The second kappa shape index (κ2) is 5.42. The fraction of sp³-hybridized carbons (Fsp3) is 0.308. The smallest absolute Gasteiger partial charge is 0.137 e. The van der Waals surface area contributed by atoms with Gasteiger partial charge in [-0.05, 0) is 25.2 Å². The van der Waals surface area contributed by atoms with Crippen molar-refractivity contribution in [2.24, 2.45) is 7.05 Å². The Balaban J connectivity index is 2.39. The molecular weight excluding hydrogens is 250 g/mol. The summed E-state index contributed by atoms with van der Waals surface area (Å²) < 4.78 is 7.20. The normalized spacial score (nSPS) is 10.7. The van der Waals surface area contributed by atoms with E-state index in [9.17, 15) is 0 Å². The third kappa shape index (κ3) is 2.35. The number of rotatable bonds is 4. The van der Waals surface area contributed by atoms with Crippen molar-refractivity contribution >= 4 is 11.6 Å². The molecule has 0 amide bonds. The summed E-state index contributed by atoms with van der Waals surface area (Å²) in [5.74, 6) is 1.66. The van der Waals surface area contributed by atoms with E-state index in [0.29, 0.717) is 10.8 Å². The molecule has 1 aromatic heterocycles. The summed E-state index contributed by atoms with van der Waals surface area (Å²) >= 11 is 6.13. The monoisotopic (exact) mass is 265 g/mol. The van der Waals surface area contributed by atoms with Gasteiger partial charge in [0.15, 0.2) is 0 Å². The van der Waals surface area contributed by atoms with Gasteiger partial charge >= 0.3 is 0 Å². The minimum Gasteiger partial charge on any atom is -0.495 e. The van der Waals surface area contributed by atoms with E-state index in [1.165, 1.54) is 0 Å². The lowest BCUT2D eigenvalue weighted by Gasteiger charge is -2.08. The van der Waals surface area contributed by atoms with Crippen LogP contribution in [0.4, 0.5) is 0 Å². The molecule has 0 spiro atoms. The van der Waals surface area contributed by atoms with Crippen LogP contribution in [0.3, 0.4) is 0 Å².